The minimum absolute atomic E-state index is 0.716. The number of halogens is 2. The molecule has 4 aromatic rings. The van der Waals surface area contributed by atoms with Crippen molar-refractivity contribution in [3.8, 4) is 21.7 Å². The van der Waals surface area contributed by atoms with Crippen molar-refractivity contribution in [3.05, 3.63) is 76.2 Å². The lowest BCUT2D eigenvalue weighted by atomic mass is 10.0. The molecule has 0 bridgehead atoms. The largest absolute Gasteiger partial charge is 0.236 e. The number of rotatable bonds is 2. The first-order chi connectivity index (χ1) is 11.2. The summed E-state index contributed by atoms with van der Waals surface area (Å²) in [6, 6.07) is 22.7. The second-order valence-corrected chi connectivity index (χ2v) is 7.49. The average Bonchev–Trinajstić information content (AvgIpc) is 3.02. The van der Waals surface area contributed by atoms with Crippen LogP contribution in [0.15, 0.2) is 71.2 Å². The topological polar surface area (TPSA) is 12.9 Å². The van der Waals surface area contributed by atoms with Gasteiger partial charge in [-0.25, -0.2) is 4.98 Å². The minimum atomic E-state index is 0.716. The number of thiazole rings is 1. The molecule has 1 nitrogen and oxygen atoms in total. The normalized spacial score (nSPS) is 11.0. The minimum Gasteiger partial charge on any atom is -0.236 e. The van der Waals surface area contributed by atoms with E-state index in [1.54, 1.807) is 11.3 Å². The molecule has 0 amide bonds. The van der Waals surface area contributed by atoms with Gasteiger partial charge in [-0.15, -0.1) is 11.3 Å². The van der Waals surface area contributed by atoms with E-state index in [1.165, 1.54) is 4.70 Å². The zero-order valence-electron chi connectivity index (χ0n) is 12.0. The molecule has 4 heteroatoms. The van der Waals surface area contributed by atoms with Gasteiger partial charge in [-0.1, -0.05) is 48.0 Å². The van der Waals surface area contributed by atoms with Crippen LogP contribution in [0.1, 0.15) is 0 Å². The van der Waals surface area contributed by atoms with Crippen LogP contribution >= 0.6 is 38.9 Å². The molecule has 0 unspecified atom stereocenters. The summed E-state index contributed by atoms with van der Waals surface area (Å²) in [4.78, 5) is 4.73. The molecule has 4 rings (SSSR count). The fourth-order valence-corrected chi connectivity index (χ4v) is 3.89. The molecule has 0 spiro atoms. The Morgan fingerprint density at radius 3 is 2.43 bits per heavy atom. The number of aromatic nitrogens is 1. The molecule has 0 aliphatic rings. The van der Waals surface area contributed by atoms with E-state index >= 15 is 0 Å². The molecule has 0 saturated carbocycles. The Balaban J connectivity index is 1.80. The molecule has 1 heterocycles. The molecule has 0 N–H and O–H groups in total. The first-order valence-electron chi connectivity index (χ1n) is 7.12. The maximum Gasteiger partial charge on any atom is 0.124 e. The van der Waals surface area contributed by atoms with Crippen LogP contribution in [0.25, 0.3) is 31.9 Å². The van der Waals surface area contributed by atoms with E-state index in [9.17, 15) is 0 Å². The molecule has 0 aliphatic heterocycles. The van der Waals surface area contributed by atoms with Crippen LogP contribution in [0.3, 0.4) is 0 Å². The molecule has 0 atom stereocenters. The maximum absolute atomic E-state index is 6.22. The van der Waals surface area contributed by atoms with Crippen molar-refractivity contribution in [3.63, 3.8) is 0 Å². The maximum atomic E-state index is 6.22. The standard InChI is InChI=1S/C19H11BrClNS/c20-15-9-8-13(11-16(15)21)12-4-3-5-14(10-12)19-22-17-6-1-2-7-18(17)23-19/h1-11H. The van der Waals surface area contributed by atoms with E-state index in [4.69, 9.17) is 16.6 Å². The third-order valence-electron chi connectivity index (χ3n) is 3.66. The predicted molar refractivity (Wildman–Crippen MR) is 103 cm³/mol. The molecule has 0 saturated heterocycles. The van der Waals surface area contributed by atoms with Gasteiger partial charge in [0, 0.05) is 10.0 Å². The van der Waals surface area contributed by atoms with Crippen molar-refractivity contribution in [2.75, 3.05) is 0 Å². The molecular weight excluding hydrogens is 390 g/mol. The van der Waals surface area contributed by atoms with Gasteiger partial charge in [-0.05, 0) is 57.4 Å². The summed E-state index contributed by atoms with van der Waals surface area (Å²) < 4.78 is 2.12. The number of fused-ring (bicyclic) bond motifs is 1. The van der Waals surface area contributed by atoms with Crippen LogP contribution in [0, 0.1) is 0 Å². The Kier molecular flexibility index (Phi) is 3.93. The molecule has 112 valence electrons. The van der Waals surface area contributed by atoms with Gasteiger partial charge in [0.25, 0.3) is 0 Å². The van der Waals surface area contributed by atoms with E-state index in [2.05, 4.69) is 52.3 Å². The van der Waals surface area contributed by atoms with E-state index in [0.29, 0.717) is 5.02 Å². The smallest absolute Gasteiger partial charge is 0.124 e. The van der Waals surface area contributed by atoms with Gasteiger partial charge in [0.1, 0.15) is 5.01 Å². The SMILES string of the molecule is Clc1cc(-c2cccc(-c3nc4ccccc4s3)c2)ccc1Br. The lowest BCUT2D eigenvalue weighted by molar-refractivity contribution is 1.47. The van der Waals surface area contributed by atoms with Gasteiger partial charge in [0.2, 0.25) is 0 Å². The molecule has 23 heavy (non-hydrogen) atoms. The van der Waals surface area contributed by atoms with Crippen LogP contribution in [-0.2, 0) is 0 Å². The number of hydrogen-bond donors (Lipinski definition) is 0. The highest BCUT2D eigenvalue weighted by atomic mass is 79.9. The van der Waals surface area contributed by atoms with Crippen LogP contribution in [-0.4, -0.2) is 4.98 Å². The van der Waals surface area contributed by atoms with Crippen molar-refractivity contribution in [1.82, 2.24) is 4.98 Å². The van der Waals surface area contributed by atoms with E-state index < -0.39 is 0 Å². The summed E-state index contributed by atoms with van der Waals surface area (Å²) in [5.74, 6) is 0. The summed E-state index contributed by atoms with van der Waals surface area (Å²) in [5, 5.41) is 1.75. The molecule has 0 fully saturated rings. The zero-order valence-corrected chi connectivity index (χ0v) is 15.1. The van der Waals surface area contributed by atoms with Crippen LogP contribution in [0.5, 0.6) is 0 Å². The Morgan fingerprint density at radius 2 is 1.61 bits per heavy atom. The highest BCUT2D eigenvalue weighted by molar-refractivity contribution is 9.10. The highest BCUT2D eigenvalue weighted by Crippen LogP contribution is 2.34. The lowest BCUT2D eigenvalue weighted by Crippen LogP contribution is -1.81. The van der Waals surface area contributed by atoms with Gasteiger partial charge in [0.05, 0.1) is 15.2 Å². The first kappa shape index (κ1) is 14.9. The summed E-state index contributed by atoms with van der Waals surface area (Å²) in [5.41, 5.74) is 4.41. The number of nitrogens with zero attached hydrogens (tertiary/aromatic N) is 1. The van der Waals surface area contributed by atoms with E-state index in [-0.39, 0.29) is 0 Å². The Hall–Kier alpha value is -1.68. The monoisotopic (exact) mass is 399 g/mol. The van der Waals surface area contributed by atoms with Gasteiger partial charge >= 0.3 is 0 Å². The Labute approximate surface area is 151 Å². The van der Waals surface area contributed by atoms with E-state index in [1.807, 2.05) is 30.3 Å². The van der Waals surface area contributed by atoms with Crippen molar-refractivity contribution in [2.45, 2.75) is 0 Å². The average molecular weight is 401 g/mol. The fourth-order valence-electron chi connectivity index (χ4n) is 2.50. The van der Waals surface area contributed by atoms with Crippen LogP contribution in [0.2, 0.25) is 5.02 Å². The summed E-state index contributed by atoms with van der Waals surface area (Å²) in [6.45, 7) is 0. The number of benzene rings is 3. The Bertz CT molecular complexity index is 976. The van der Waals surface area contributed by atoms with Crippen LogP contribution in [0.4, 0.5) is 0 Å². The molecule has 0 aliphatic carbocycles. The summed E-state index contributed by atoms with van der Waals surface area (Å²) in [7, 11) is 0. The van der Waals surface area contributed by atoms with Gasteiger partial charge in [-0.3, -0.25) is 0 Å². The van der Waals surface area contributed by atoms with Crippen LogP contribution < -0.4 is 0 Å². The third-order valence-corrected chi connectivity index (χ3v) is 5.97. The molecule has 0 radical (unpaired) electrons. The fraction of sp³-hybridized carbons (Fsp3) is 0. The van der Waals surface area contributed by atoms with Crippen molar-refractivity contribution < 1.29 is 0 Å². The number of hydrogen-bond acceptors (Lipinski definition) is 2. The second kappa shape index (κ2) is 6.08. The zero-order chi connectivity index (χ0) is 15.8. The highest BCUT2D eigenvalue weighted by Gasteiger charge is 2.08. The third kappa shape index (κ3) is 2.92. The van der Waals surface area contributed by atoms with Crippen molar-refractivity contribution >= 4 is 49.1 Å². The predicted octanol–water partition coefficient (Wildman–Crippen LogP) is 7.05. The van der Waals surface area contributed by atoms with Gasteiger partial charge < -0.3 is 0 Å². The molecule has 1 aromatic heterocycles. The second-order valence-electron chi connectivity index (χ2n) is 5.20. The van der Waals surface area contributed by atoms with Gasteiger partial charge in [0.15, 0.2) is 0 Å². The lowest BCUT2D eigenvalue weighted by Gasteiger charge is -2.05. The van der Waals surface area contributed by atoms with Gasteiger partial charge in [-0.2, -0.15) is 0 Å². The Morgan fingerprint density at radius 1 is 0.826 bits per heavy atom. The first-order valence-corrected chi connectivity index (χ1v) is 9.11. The van der Waals surface area contributed by atoms with E-state index in [0.717, 1.165) is 31.7 Å². The molecular formula is C19H11BrClNS. The summed E-state index contributed by atoms with van der Waals surface area (Å²) in [6.07, 6.45) is 0. The quantitative estimate of drug-likeness (QED) is 0.351. The van der Waals surface area contributed by atoms with Crippen molar-refractivity contribution in [2.24, 2.45) is 0 Å². The number of para-hydroxylation sites is 1. The van der Waals surface area contributed by atoms with Crippen molar-refractivity contribution in [1.29, 1.82) is 0 Å². The summed E-state index contributed by atoms with van der Waals surface area (Å²) >= 11 is 11.4. The molecule has 3 aromatic carbocycles.